The normalized spacial score (nSPS) is 47.1. The van der Waals surface area contributed by atoms with Gasteiger partial charge in [0.1, 0.15) is 0 Å². The maximum atomic E-state index is 2.49. The van der Waals surface area contributed by atoms with Gasteiger partial charge in [0.2, 0.25) is 0 Å². The minimum atomic E-state index is 0.820. The molecule has 0 nitrogen and oxygen atoms in total. The predicted octanol–water partition coefficient (Wildman–Crippen LogP) is 3.37. The molecule has 0 heterocycles. The maximum Gasteiger partial charge on any atom is -0.0294 e. The van der Waals surface area contributed by atoms with Crippen LogP contribution in [0.25, 0.3) is 0 Å². The molecule has 0 spiro atoms. The molecule has 0 heteroatoms. The van der Waals surface area contributed by atoms with Crippen molar-refractivity contribution in [2.24, 2.45) is 11.3 Å². The Hall–Kier alpha value is 0. The first-order chi connectivity index (χ1) is 4.81. The molecule has 2 rings (SSSR count). The number of fused-ring (bicyclic) bond motifs is 1. The highest BCUT2D eigenvalue weighted by Crippen LogP contribution is 2.58. The monoisotopic (exact) mass is 138 g/mol. The van der Waals surface area contributed by atoms with E-state index in [1.54, 1.807) is 6.42 Å². The standard InChI is InChI=1S/C10H18/c1-10-7-5-3-2-4-6-9(10)8-10/h9H,2-8H2,1H3. The van der Waals surface area contributed by atoms with E-state index >= 15 is 0 Å². The van der Waals surface area contributed by atoms with E-state index in [4.69, 9.17) is 0 Å². The van der Waals surface area contributed by atoms with Gasteiger partial charge < -0.3 is 0 Å². The molecule has 2 fully saturated rings. The second-order valence-corrected chi connectivity index (χ2v) is 4.51. The molecular formula is C10H18. The highest BCUT2D eigenvalue weighted by Gasteiger charge is 2.48. The first kappa shape index (κ1) is 6.69. The lowest BCUT2D eigenvalue weighted by atomic mass is 9.92. The summed E-state index contributed by atoms with van der Waals surface area (Å²) in [7, 11) is 0. The predicted molar refractivity (Wildman–Crippen MR) is 43.9 cm³/mol. The van der Waals surface area contributed by atoms with Gasteiger partial charge in [-0.25, -0.2) is 0 Å². The lowest BCUT2D eigenvalue weighted by molar-refractivity contribution is 0.385. The van der Waals surface area contributed by atoms with E-state index in [1.807, 2.05) is 0 Å². The highest BCUT2D eigenvalue weighted by molar-refractivity contribution is 4.98. The van der Waals surface area contributed by atoms with Gasteiger partial charge in [0.05, 0.1) is 0 Å². The molecule has 0 N–H and O–H groups in total. The van der Waals surface area contributed by atoms with Gasteiger partial charge in [0, 0.05) is 0 Å². The van der Waals surface area contributed by atoms with Crippen LogP contribution in [0.5, 0.6) is 0 Å². The van der Waals surface area contributed by atoms with Gasteiger partial charge in [0.15, 0.2) is 0 Å². The Morgan fingerprint density at radius 2 is 1.90 bits per heavy atom. The van der Waals surface area contributed by atoms with Crippen LogP contribution < -0.4 is 0 Å². The third kappa shape index (κ3) is 1.09. The van der Waals surface area contributed by atoms with E-state index in [0.717, 1.165) is 11.3 Å². The van der Waals surface area contributed by atoms with Crippen LogP contribution >= 0.6 is 0 Å². The molecule has 2 aliphatic carbocycles. The summed E-state index contributed by atoms with van der Waals surface area (Å²) in [4.78, 5) is 0. The summed E-state index contributed by atoms with van der Waals surface area (Å²) in [5.41, 5.74) is 0.820. The molecule has 0 aromatic rings. The zero-order chi connectivity index (χ0) is 7.03. The largest absolute Gasteiger partial charge is 0.0594 e. The molecule has 2 aliphatic rings. The summed E-state index contributed by atoms with van der Waals surface area (Å²) < 4.78 is 0. The minimum Gasteiger partial charge on any atom is -0.0594 e. The summed E-state index contributed by atoms with van der Waals surface area (Å²) in [6.45, 7) is 2.49. The second-order valence-electron chi connectivity index (χ2n) is 4.51. The fourth-order valence-electron chi connectivity index (χ4n) is 2.53. The van der Waals surface area contributed by atoms with Crippen LogP contribution in [0.2, 0.25) is 0 Å². The highest BCUT2D eigenvalue weighted by atomic mass is 14.5. The van der Waals surface area contributed by atoms with E-state index in [9.17, 15) is 0 Å². The van der Waals surface area contributed by atoms with Crippen LogP contribution in [0.1, 0.15) is 51.9 Å². The van der Waals surface area contributed by atoms with Crippen molar-refractivity contribution in [2.45, 2.75) is 51.9 Å². The van der Waals surface area contributed by atoms with Crippen LogP contribution in [0.15, 0.2) is 0 Å². The Morgan fingerprint density at radius 3 is 2.80 bits per heavy atom. The summed E-state index contributed by atoms with van der Waals surface area (Å²) in [6, 6.07) is 0. The third-order valence-electron chi connectivity index (χ3n) is 3.59. The number of hydrogen-bond acceptors (Lipinski definition) is 0. The Morgan fingerprint density at radius 1 is 1.10 bits per heavy atom. The van der Waals surface area contributed by atoms with Crippen LogP contribution in [-0.2, 0) is 0 Å². The van der Waals surface area contributed by atoms with E-state index < -0.39 is 0 Å². The van der Waals surface area contributed by atoms with Crippen molar-refractivity contribution in [3.63, 3.8) is 0 Å². The Labute approximate surface area is 64.0 Å². The molecule has 0 saturated heterocycles. The summed E-state index contributed by atoms with van der Waals surface area (Å²) in [5.74, 6) is 1.13. The topological polar surface area (TPSA) is 0 Å². The van der Waals surface area contributed by atoms with Crippen molar-refractivity contribution in [2.75, 3.05) is 0 Å². The molecule has 10 heavy (non-hydrogen) atoms. The van der Waals surface area contributed by atoms with Crippen molar-refractivity contribution in [3.8, 4) is 0 Å². The SMILES string of the molecule is CC12CCCCCCC1C2. The van der Waals surface area contributed by atoms with E-state index in [1.165, 1.54) is 38.5 Å². The Kier molecular flexibility index (Phi) is 1.51. The molecule has 0 bridgehead atoms. The summed E-state index contributed by atoms with van der Waals surface area (Å²) >= 11 is 0. The van der Waals surface area contributed by atoms with Crippen LogP contribution in [0.4, 0.5) is 0 Å². The molecule has 0 aromatic heterocycles. The first-order valence-corrected chi connectivity index (χ1v) is 4.81. The van der Waals surface area contributed by atoms with Gasteiger partial charge in [-0.1, -0.05) is 32.6 Å². The van der Waals surface area contributed by atoms with Gasteiger partial charge in [-0.2, -0.15) is 0 Å². The number of rotatable bonds is 0. The van der Waals surface area contributed by atoms with E-state index in [0.29, 0.717) is 0 Å². The average Bonchev–Trinajstić information content (AvgIpc) is 2.44. The van der Waals surface area contributed by atoms with Gasteiger partial charge >= 0.3 is 0 Å². The van der Waals surface area contributed by atoms with Crippen molar-refractivity contribution in [1.82, 2.24) is 0 Å². The van der Waals surface area contributed by atoms with E-state index in [2.05, 4.69) is 6.92 Å². The fraction of sp³-hybridized carbons (Fsp3) is 1.00. The zero-order valence-electron chi connectivity index (χ0n) is 7.03. The third-order valence-corrected chi connectivity index (χ3v) is 3.59. The lowest BCUT2D eigenvalue weighted by Gasteiger charge is -2.13. The summed E-state index contributed by atoms with van der Waals surface area (Å²) in [6.07, 6.45) is 10.6. The molecule has 58 valence electrons. The smallest absolute Gasteiger partial charge is 0.0294 e. The van der Waals surface area contributed by atoms with Crippen molar-refractivity contribution in [1.29, 1.82) is 0 Å². The van der Waals surface area contributed by atoms with Crippen LogP contribution in [0.3, 0.4) is 0 Å². The van der Waals surface area contributed by atoms with Crippen LogP contribution in [-0.4, -0.2) is 0 Å². The van der Waals surface area contributed by atoms with Crippen molar-refractivity contribution < 1.29 is 0 Å². The second kappa shape index (κ2) is 2.25. The molecule has 0 radical (unpaired) electrons. The fourth-order valence-corrected chi connectivity index (χ4v) is 2.53. The average molecular weight is 138 g/mol. The number of hydrogen-bond donors (Lipinski definition) is 0. The van der Waals surface area contributed by atoms with Crippen molar-refractivity contribution >= 4 is 0 Å². The molecule has 2 atom stereocenters. The van der Waals surface area contributed by atoms with Gasteiger partial charge in [-0.15, -0.1) is 0 Å². The minimum absolute atomic E-state index is 0.820. The van der Waals surface area contributed by atoms with Gasteiger partial charge in [0.25, 0.3) is 0 Å². The molecule has 0 amide bonds. The Bertz CT molecular complexity index is 128. The molecular weight excluding hydrogens is 120 g/mol. The van der Waals surface area contributed by atoms with Gasteiger partial charge in [-0.3, -0.25) is 0 Å². The van der Waals surface area contributed by atoms with E-state index in [-0.39, 0.29) is 0 Å². The van der Waals surface area contributed by atoms with Crippen LogP contribution in [0, 0.1) is 11.3 Å². The maximum absolute atomic E-state index is 2.49. The van der Waals surface area contributed by atoms with Crippen molar-refractivity contribution in [3.05, 3.63) is 0 Å². The molecule has 0 aromatic carbocycles. The quantitative estimate of drug-likeness (QED) is 0.481. The Balaban J connectivity index is 1.91. The lowest BCUT2D eigenvalue weighted by Crippen LogP contribution is -2.01. The molecule has 2 saturated carbocycles. The zero-order valence-corrected chi connectivity index (χ0v) is 7.03. The van der Waals surface area contributed by atoms with Gasteiger partial charge in [-0.05, 0) is 30.6 Å². The molecule has 2 unspecified atom stereocenters. The molecule has 0 aliphatic heterocycles. The summed E-state index contributed by atoms with van der Waals surface area (Å²) in [5, 5.41) is 0. The first-order valence-electron chi connectivity index (χ1n) is 4.81.